The number of piperazine rings is 1. The molecule has 0 aromatic rings. The van der Waals surface area contributed by atoms with E-state index in [1.165, 1.54) is 6.92 Å². The van der Waals surface area contributed by atoms with Gasteiger partial charge in [-0.1, -0.05) is 13.8 Å². The first-order valence-corrected chi connectivity index (χ1v) is 4.14. The van der Waals surface area contributed by atoms with E-state index in [1.807, 2.05) is 13.8 Å². The molecule has 0 radical (unpaired) electrons. The predicted molar refractivity (Wildman–Crippen MR) is 48.4 cm³/mol. The lowest BCUT2D eigenvalue weighted by atomic mass is 10.4. The van der Waals surface area contributed by atoms with E-state index in [-0.39, 0.29) is 0 Å². The van der Waals surface area contributed by atoms with Gasteiger partial charge in [0.15, 0.2) is 0 Å². The molecule has 1 fully saturated rings. The Morgan fingerprint density at radius 3 is 1.27 bits per heavy atom. The molecule has 0 unspecified atom stereocenters. The number of nitrogens with one attached hydrogen (secondary N) is 2. The van der Waals surface area contributed by atoms with E-state index in [4.69, 9.17) is 5.26 Å². The minimum Gasteiger partial charge on any atom is -0.314 e. The van der Waals surface area contributed by atoms with Gasteiger partial charge in [-0.15, -0.1) is 0 Å². The second kappa shape index (κ2) is 16.2. The fourth-order valence-electron chi connectivity index (χ4n) is 0.604. The third-order valence-corrected chi connectivity index (χ3v) is 0.957. The summed E-state index contributed by atoms with van der Waals surface area (Å²) >= 11 is 0. The number of nitrogens with zero attached hydrogens (tertiary/aromatic N) is 1. The summed E-state index contributed by atoms with van der Waals surface area (Å²) in [6, 6.07) is 1.75. The lowest BCUT2D eigenvalue weighted by Gasteiger charge is -2.11. The van der Waals surface area contributed by atoms with Gasteiger partial charge in [-0.25, -0.2) is 0 Å². The van der Waals surface area contributed by atoms with E-state index in [9.17, 15) is 0 Å². The SMILES string of the molecule is C1CNCCN1.CC.CC#N. The van der Waals surface area contributed by atoms with Gasteiger partial charge in [-0.3, -0.25) is 0 Å². The summed E-state index contributed by atoms with van der Waals surface area (Å²) in [5, 5.41) is 13.8. The number of rotatable bonds is 0. The Kier molecular flexibility index (Phi) is 19.2. The highest BCUT2D eigenvalue weighted by molar-refractivity contribution is 4.59. The topological polar surface area (TPSA) is 47.8 Å². The van der Waals surface area contributed by atoms with Crippen molar-refractivity contribution >= 4 is 0 Å². The Bertz CT molecular complexity index is 70.3. The van der Waals surface area contributed by atoms with Crippen LogP contribution in [0.3, 0.4) is 0 Å². The summed E-state index contributed by atoms with van der Waals surface area (Å²) in [4.78, 5) is 0. The Morgan fingerprint density at radius 1 is 1.00 bits per heavy atom. The van der Waals surface area contributed by atoms with E-state index < -0.39 is 0 Å². The van der Waals surface area contributed by atoms with E-state index in [1.54, 1.807) is 6.07 Å². The molecule has 0 bridgehead atoms. The van der Waals surface area contributed by atoms with Crippen LogP contribution in [-0.2, 0) is 0 Å². The van der Waals surface area contributed by atoms with Crippen molar-refractivity contribution in [3.8, 4) is 6.07 Å². The zero-order chi connectivity index (χ0) is 8.95. The molecular weight excluding hydrogens is 138 g/mol. The average Bonchev–Trinajstić information content (AvgIpc) is 2.12. The minimum absolute atomic E-state index is 1.14. The van der Waals surface area contributed by atoms with Crippen molar-refractivity contribution in [3.63, 3.8) is 0 Å². The number of hydrogen-bond acceptors (Lipinski definition) is 3. The Balaban J connectivity index is 0. The molecule has 66 valence electrons. The zero-order valence-electron chi connectivity index (χ0n) is 7.78. The first-order chi connectivity index (χ1) is 5.41. The van der Waals surface area contributed by atoms with E-state index >= 15 is 0 Å². The van der Waals surface area contributed by atoms with Crippen molar-refractivity contribution in [3.05, 3.63) is 0 Å². The zero-order valence-corrected chi connectivity index (χ0v) is 7.78. The molecule has 0 aliphatic carbocycles. The van der Waals surface area contributed by atoms with Gasteiger partial charge in [0.05, 0.1) is 6.07 Å². The highest BCUT2D eigenvalue weighted by Gasteiger charge is 1.91. The molecule has 11 heavy (non-hydrogen) atoms. The average molecular weight is 157 g/mol. The first-order valence-electron chi connectivity index (χ1n) is 4.14. The smallest absolute Gasteiger partial charge is 0.0587 e. The predicted octanol–water partition coefficient (Wildman–Crippen LogP) is 0.735. The largest absolute Gasteiger partial charge is 0.314 e. The van der Waals surface area contributed by atoms with Gasteiger partial charge in [-0.2, -0.15) is 5.26 Å². The monoisotopic (exact) mass is 157 g/mol. The van der Waals surface area contributed by atoms with Crippen LogP contribution in [0.4, 0.5) is 0 Å². The first kappa shape index (κ1) is 13.0. The molecule has 3 nitrogen and oxygen atoms in total. The molecule has 3 heteroatoms. The van der Waals surface area contributed by atoms with Crippen LogP contribution < -0.4 is 10.6 Å². The molecule has 1 heterocycles. The second-order valence-corrected chi connectivity index (χ2v) is 1.72. The van der Waals surface area contributed by atoms with Gasteiger partial charge in [0.2, 0.25) is 0 Å². The summed E-state index contributed by atoms with van der Waals surface area (Å²) in [5.41, 5.74) is 0. The van der Waals surface area contributed by atoms with Crippen molar-refractivity contribution in [1.29, 1.82) is 5.26 Å². The maximum absolute atomic E-state index is 7.32. The molecule has 0 saturated carbocycles. The molecule has 1 rings (SSSR count). The van der Waals surface area contributed by atoms with Crippen LogP contribution in [0, 0.1) is 11.3 Å². The van der Waals surface area contributed by atoms with Gasteiger partial charge >= 0.3 is 0 Å². The maximum atomic E-state index is 7.32. The molecule has 1 saturated heterocycles. The lowest BCUT2D eigenvalue weighted by molar-refractivity contribution is 0.534. The number of hydrogen-bond donors (Lipinski definition) is 2. The molecule has 1 aliphatic rings. The Morgan fingerprint density at radius 2 is 1.18 bits per heavy atom. The third kappa shape index (κ3) is 17.7. The van der Waals surface area contributed by atoms with Crippen LogP contribution in [-0.4, -0.2) is 26.2 Å². The summed E-state index contributed by atoms with van der Waals surface area (Å²) in [6.45, 7) is 9.99. The highest BCUT2D eigenvalue weighted by atomic mass is 15.0. The molecule has 0 spiro atoms. The van der Waals surface area contributed by atoms with Crippen LogP contribution in [0.25, 0.3) is 0 Å². The molecule has 0 aromatic heterocycles. The van der Waals surface area contributed by atoms with Crippen molar-refractivity contribution in [1.82, 2.24) is 10.6 Å². The quantitative estimate of drug-likeness (QED) is 0.545. The number of nitriles is 1. The van der Waals surface area contributed by atoms with E-state index in [0.29, 0.717) is 0 Å². The van der Waals surface area contributed by atoms with Gasteiger partial charge in [0, 0.05) is 33.1 Å². The fraction of sp³-hybridized carbons (Fsp3) is 0.875. The standard InChI is InChI=1S/C4H10N2.C2H3N.C2H6/c1-2-6-4-3-5-1;1-2-3;1-2/h5-6H,1-4H2;1H3;1-2H3. The summed E-state index contributed by atoms with van der Waals surface area (Å²) in [7, 11) is 0. The molecular formula is C8H19N3. The van der Waals surface area contributed by atoms with Gasteiger partial charge in [-0.05, 0) is 0 Å². The van der Waals surface area contributed by atoms with Gasteiger partial charge < -0.3 is 10.6 Å². The maximum Gasteiger partial charge on any atom is 0.0587 e. The summed E-state index contributed by atoms with van der Waals surface area (Å²) in [6.07, 6.45) is 0. The third-order valence-electron chi connectivity index (χ3n) is 0.957. The van der Waals surface area contributed by atoms with E-state index in [0.717, 1.165) is 26.2 Å². The van der Waals surface area contributed by atoms with Crippen LogP contribution in [0.1, 0.15) is 20.8 Å². The molecule has 0 amide bonds. The Labute approximate surface area is 69.8 Å². The molecule has 0 aromatic carbocycles. The minimum atomic E-state index is 1.14. The summed E-state index contributed by atoms with van der Waals surface area (Å²) < 4.78 is 0. The van der Waals surface area contributed by atoms with Crippen LogP contribution in [0.5, 0.6) is 0 Å². The lowest BCUT2D eigenvalue weighted by Crippen LogP contribution is -2.39. The van der Waals surface area contributed by atoms with E-state index in [2.05, 4.69) is 10.6 Å². The Hall–Kier alpha value is -0.590. The fourth-order valence-corrected chi connectivity index (χ4v) is 0.604. The van der Waals surface area contributed by atoms with Crippen LogP contribution >= 0.6 is 0 Å². The van der Waals surface area contributed by atoms with Crippen LogP contribution in [0.15, 0.2) is 0 Å². The molecule has 0 atom stereocenters. The molecule has 2 N–H and O–H groups in total. The van der Waals surface area contributed by atoms with Crippen LogP contribution in [0.2, 0.25) is 0 Å². The summed E-state index contributed by atoms with van der Waals surface area (Å²) in [5.74, 6) is 0. The van der Waals surface area contributed by atoms with Gasteiger partial charge in [0.1, 0.15) is 0 Å². The highest BCUT2D eigenvalue weighted by Crippen LogP contribution is 1.65. The van der Waals surface area contributed by atoms with Crippen molar-refractivity contribution < 1.29 is 0 Å². The van der Waals surface area contributed by atoms with Gasteiger partial charge in [0.25, 0.3) is 0 Å². The molecule has 1 aliphatic heterocycles. The van der Waals surface area contributed by atoms with Crippen molar-refractivity contribution in [2.24, 2.45) is 0 Å². The second-order valence-electron chi connectivity index (χ2n) is 1.72. The van der Waals surface area contributed by atoms with Crippen molar-refractivity contribution in [2.45, 2.75) is 20.8 Å². The normalized spacial score (nSPS) is 14.4. The van der Waals surface area contributed by atoms with Crippen molar-refractivity contribution in [2.75, 3.05) is 26.2 Å².